The van der Waals surface area contributed by atoms with E-state index in [2.05, 4.69) is 6.92 Å². The predicted octanol–water partition coefficient (Wildman–Crippen LogP) is 3.01. The van der Waals surface area contributed by atoms with Crippen LogP contribution in [0.2, 0.25) is 0 Å². The Kier molecular flexibility index (Phi) is 5.13. The largest absolute Gasteiger partial charge is 0.197 e. The Labute approximate surface area is 74.8 Å². The van der Waals surface area contributed by atoms with Gasteiger partial charge in [0.05, 0.1) is 12.1 Å². The summed E-state index contributed by atoms with van der Waals surface area (Å²) in [6.45, 7) is 3.85. The molecule has 0 aliphatic carbocycles. The van der Waals surface area contributed by atoms with Crippen molar-refractivity contribution in [2.45, 2.75) is 46.0 Å². The lowest BCUT2D eigenvalue weighted by Gasteiger charge is -2.10. The zero-order valence-corrected chi connectivity index (χ0v) is 7.93. The van der Waals surface area contributed by atoms with Crippen LogP contribution in [-0.2, 0) is 0 Å². The van der Waals surface area contributed by atoms with E-state index in [1.807, 2.05) is 12.1 Å². The Morgan fingerprint density at radius 1 is 1.08 bits per heavy atom. The Hall–Kier alpha value is -1.02. The molecule has 0 saturated heterocycles. The lowest BCUT2D eigenvalue weighted by atomic mass is 9.88. The molecule has 0 amide bonds. The molecule has 0 fully saturated rings. The molecule has 0 heterocycles. The fraction of sp³-hybridized carbons (Fsp3) is 0.800. The van der Waals surface area contributed by atoms with E-state index in [0.717, 1.165) is 12.8 Å². The SMILES string of the molecule is CCCCCCC(C)(C#N)C#N. The third kappa shape index (κ3) is 3.98. The summed E-state index contributed by atoms with van der Waals surface area (Å²) in [7, 11) is 0. The second-order valence-electron chi connectivity index (χ2n) is 3.37. The maximum Gasteiger partial charge on any atom is 0.141 e. The molecular formula is C10H16N2. The molecule has 0 atom stereocenters. The highest BCUT2D eigenvalue weighted by Crippen LogP contribution is 2.22. The first-order valence-corrected chi connectivity index (χ1v) is 4.51. The number of unbranched alkanes of at least 4 members (excludes halogenated alkanes) is 3. The Morgan fingerprint density at radius 2 is 1.67 bits per heavy atom. The molecule has 2 heteroatoms. The van der Waals surface area contributed by atoms with E-state index in [9.17, 15) is 0 Å². The molecule has 0 aromatic rings. The van der Waals surface area contributed by atoms with E-state index in [-0.39, 0.29) is 0 Å². The molecule has 0 bridgehead atoms. The molecule has 0 radical (unpaired) electrons. The highest BCUT2D eigenvalue weighted by molar-refractivity contribution is 5.10. The third-order valence-corrected chi connectivity index (χ3v) is 2.02. The summed E-state index contributed by atoms with van der Waals surface area (Å²) in [5.74, 6) is 0. The fourth-order valence-electron chi connectivity index (χ4n) is 1.04. The van der Waals surface area contributed by atoms with Crippen molar-refractivity contribution in [3.8, 4) is 12.1 Å². The summed E-state index contributed by atoms with van der Waals surface area (Å²) in [5, 5.41) is 17.3. The van der Waals surface area contributed by atoms with E-state index < -0.39 is 5.41 Å². The molecule has 0 aliphatic rings. The van der Waals surface area contributed by atoms with Gasteiger partial charge in [-0.3, -0.25) is 0 Å². The lowest BCUT2D eigenvalue weighted by molar-refractivity contribution is 0.482. The molecule has 0 rings (SSSR count). The van der Waals surface area contributed by atoms with Crippen molar-refractivity contribution < 1.29 is 0 Å². The van der Waals surface area contributed by atoms with Crippen LogP contribution < -0.4 is 0 Å². The Morgan fingerprint density at radius 3 is 2.08 bits per heavy atom. The first-order chi connectivity index (χ1) is 5.68. The molecule has 66 valence electrons. The van der Waals surface area contributed by atoms with Crippen molar-refractivity contribution in [1.29, 1.82) is 10.5 Å². The fourth-order valence-corrected chi connectivity index (χ4v) is 1.04. The summed E-state index contributed by atoms with van der Waals surface area (Å²) >= 11 is 0. The maximum atomic E-state index is 8.67. The zero-order valence-electron chi connectivity index (χ0n) is 7.93. The Bertz CT molecular complexity index is 181. The van der Waals surface area contributed by atoms with E-state index in [1.165, 1.54) is 12.8 Å². The summed E-state index contributed by atoms with van der Waals surface area (Å²) in [6.07, 6.45) is 5.23. The van der Waals surface area contributed by atoms with Crippen molar-refractivity contribution in [2.75, 3.05) is 0 Å². The summed E-state index contributed by atoms with van der Waals surface area (Å²) in [5.41, 5.74) is -0.756. The lowest BCUT2D eigenvalue weighted by Crippen LogP contribution is -2.09. The van der Waals surface area contributed by atoms with Crippen molar-refractivity contribution in [2.24, 2.45) is 5.41 Å². The van der Waals surface area contributed by atoms with Crippen LogP contribution in [-0.4, -0.2) is 0 Å². The van der Waals surface area contributed by atoms with Crippen molar-refractivity contribution in [3.63, 3.8) is 0 Å². The number of hydrogen-bond acceptors (Lipinski definition) is 2. The van der Waals surface area contributed by atoms with E-state index in [0.29, 0.717) is 6.42 Å². The smallest absolute Gasteiger partial charge is 0.141 e. The zero-order chi connectivity index (χ0) is 9.45. The summed E-state index contributed by atoms with van der Waals surface area (Å²) < 4.78 is 0. The van der Waals surface area contributed by atoms with Gasteiger partial charge >= 0.3 is 0 Å². The highest BCUT2D eigenvalue weighted by Gasteiger charge is 2.21. The van der Waals surface area contributed by atoms with E-state index in [1.54, 1.807) is 6.92 Å². The number of nitrogens with zero attached hydrogens (tertiary/aromatic N) is 2. The topological polar surface area (TPSA) is 47.6 Å². The van der Waals surface area contributed by atoms with Crippen LogP contribution in [0.3, 0.4) is 0 Å². The van der Waals surface area contributed by atoms with Crippen LogP contribution >= 0.6 is 0 Å². The first kappa shape index (κ1) is 11.0. The van der Waals surface area contributed by atoms with Gasteiger partial charge < -0.3 is 0 Å². The minimum atomic E-state index is -0.756. The average molecular weight is 164 g/mol. The van der Waals surface area contributed by atoms with Gasteiger partial charge in [0.25, 0.3) is 0 Å². The first-order valence-electron chi connectivity index (χ1n) is 4.51. The van der Waals surface area contributed by atoms with Gasteiger partial charge in [0.1, 0.15) is 5.41 Å². The van der Waals surface area contributed by atoms with E-state index in [4.69, 9.17) is 10.5 Å². The van der Waals surface area contributed by atoms with Crippen LogP contribution in [0.5, 0.6) is 0 Å². The highest BCUT2D eigenvalue weighted by atomic mass is 14.4. The van der Waals surface area contributed by atoms with Crippen LogP contribution in [0.25, 0.3) is 0 Å². The van der Waals surface area contributed by atoms with Crippen LogP contribution in [0.4, 0.5) is 0 Å². The van der Waals surface area contributed by atoms with Gasteiger partial charge in [-0.1, -0.05) is 32.6 Å². The quantitative estimate of drug-likeness (QED) is 0.586. The third-order valence-electron chi connectivity index (χ3n) is 2.02. The molecule has 2 nitrogen and oxygen atoms in total. The second kappa shape index (κ2) is 5.61. The number of nitriles is 2. The van der Waals surface area contributed by atoms with Crippen LogP contribution in [0.1, 0.15) is 46.0 Å². The van der Waals surface area contributed by atoms with Gasteiger partial charge in [-0.25, -0.2) is 0 Å². The van der Waals surface area contributed by atoms with Gasteiger partial charge in [0, 0.05) is 0 Å². The van der Waals surface area contributed by atoms with Crippen LogP contribution in [0, 0.1) is 28.1 Å². The van der Waals surface area contributed by atoms with Gasteiger partial charge in [0.2, 0.25) is 0 Å². The second-order valence-corrected chi connectivity index (χ2v) is 3.37. The molecule has 0 aromatic heterocycles. The molecular weight excluding hydrogens is 148 g/mol. The van der Waals surface area contributed by atoms with Gasteiger partial charge in [-0.15, -0.1) is 0 Å². The van der Waals surface area contributed by atoms with Crippen molar-refractivity contribution >= 4 is 0 Å². The predicted molar refractivity (Wildman–Crippen MR) is 48.1 cm³/mol. The number of hydrogen-bond donors (Lipinski definition) is 0. The summed E-state index contributed by atoms with van der Waals surface area (Å²) in [6, 6.07) is 4.09. The van der Waals surface area contributed by atoms with Gasteiger partial charge in [-0.05, 0) is 13.3 Å². The van der Waals surface area contributed by atoms with Gasteiger partial charge in [-0.2, -0.15) is 10.5 Å². The average Bonchev–Trinajstić information content (AvgIpc) is 2.12. The van der Waals surface area contributed by atoms with E-state index >= 15 is 0 Å². The molecule has 12 heavy (non-hydrogen) atoms. The molecule has 0 unspecified atom stereocenters. The normalized spacial score (nSPS) is 10.3. The molecule has 0 spiro atoms. The molecule has 0 N–H and O–H groups in total. The number of rotatable bonds is 5. The Balaban J connectivity index is 3.63. The van der Waals surface area contributed by atoms with Crippen molar-refractivity contribution in [3.05, 3.63) is 0 Å². The summed E-state index contributed by atoms with van der Waals surface area (Å²) in [4.78, 5) is 0. The standard InChI is InChI=1S/C10H16N2/c1-3-4-5-6-7-10(2,8-11)9-12/h3-7H2,1-2H3. The minimum Gasteiger partial charge on any atom is -0.197 e. The van der Waals surface area contributed by atoms with Crippen LogP contribution in [0.15, 0.2) is 0 Å². The molecule has 0 aromatic carbocycles. The van der Waals surface area contributed by atoms with Gasteiger partial charge in [0.15, 0.2) is 0 Å². The molecule has 0 aliphatic heterocycles. The maximum absolute atomic E-state index is 8.67. The minimum absolute atomic E-state index is 0.708. The molecule has 0 saturated carbocycles. The van der Waals surface area contributed by atoms with Crippen molar-refractivity contribution in [1.82, 2.24) is 0 Å². The monoisotopic (exact) mass is 164 g/mol.